The minimum atomic E-state index is -0.910. The first-order valence-electron chi connectivity index (χ1n) is 10.3. The molecule has 0 spiro atoms. The molecular formula is C26H10F4N6. The highest BCUT2D eigenvalue weighted by atomic mass is 19.1. The first-order valence-corrected chi connectivity index (χ1v) is 10.3. The Balaban J connectivity index is 1.93. The van der Waals surface area contributed by atoms with E-state index in [0.717, 1.165) is 24.3 Å². The van der Waals surface area contributed by atoms with Crippen LogP contribution in [0.25, 0.3) is 27.5 Å². The van der Waals surface area contributed by atoms with Gasteiger partial charge in [-0.05, 0) is 24.3 Å². The Labute approximate surface area is 201 Å². The third-order valence-electron chi connectivity index (χ3n) is 5.37. The Morgan fingerprint density at radius 3 is 1.58 bits per heavy atom. The first kappa shape index (κ1) is 22.6. The van der Waals surface area contributed by atoms with E-state index in [-0.39, 0.29) is 45.3 Å². The van der Waals surface area contributed by atoms with Gasteiger partial charge in [-0.15, -0.1) is 4.95 Å². The van der Waals surface area contributed by atoms with Gasteiger partial charge in [0.25, 0.3) is 0 Å². The predicted octanol–water partition coefficient (Wildman–Crippen LogP) is 5.67. The van der Waals surface area contributed by atoms with E-state index >= 15 is 0 Å². The van der Waals surface area contributed by atoms with Gasteiger partial charge in [0.1, 0.15) is 40.4 Å². The summed E-state index contributed by atoms with van der Waals surface area (Å²) < 4.78 is 56.6. The van der Waals surface area contributed by atoms with Gasteiger partial charge in [-0.25, -0.2) is 27.5 Å². The lowest BCUT2D eigenvalue weighted by Crippen LogP contribution is -2.25. The normalized spacial score (nSPS) is 14.2. The summed E-state index contributed by atoms with van der Waals surface area (Å²) in [7, 11) is 0. The highest BCUT2D eigenvalue weighted by Crippen LogP contribution is 2.35. The van der Waals surface area contributed by atoms with Crippen molar-refractivity contribution in [3.05, 3.63) is 118 Å². The van der Waals surface area contributed by atoms with E-state index in [1.807, 2.05) is 0 Å². The zero-order valence-electron chi connectivity index (χ0n) is 18.0. The summed E-state index contributed by atoms with van der Waals surface area (Å²) in [4.78, 5) is 16.0. The standard InChI is InChI=1S/C26H10F4N6/c1-32-36-24-20-5-3-2-4-19(20)23(33-12-31)25-26(24)35-22(14-8-17(29)11-18(30)9-14)21(34-25)13-6-15(27)10-16(28)7-13/h2-11H/b33-23-,36-24+. The lowest BCUT2D eigenvalue weighted by atomic mass is 9.87. The van der Waals surface area contributed by atoms with Crippen molar-refractivity contribution in [1.29, 1.82) is 5.26 Å². The Kier molecular flexibility index (Phi) is 5.55. The number of nitrogens with zero attached hydrogens (tertiary/aromatic N) is 6. The molecule has 0 saturated carbocycles. The molecule has 0 radical (unpaired) electrons. The number of halogens is 4. The van der Waals surface area contributed by atoms with Crippen LogP contribution in [0.15, 0.2) is 70.8 Å². The number of nitriles is 1. The van der Waals surface area contributed by atoms with E-state index in [2.05, 4.69) is 25.0 Å². The highest BCUT2D eigenvalue weighted by Gasteiger charge is 2.33. The van der Waals surface area contributed by atoms with Gasteiger partial charge in [0.05, 0.1) is 16.5 Å². The van der Waals surface area contributed by atoms with Crippen molar-refractivity contribution in [3.8, 4) is 28.7 Å². The van der Waals surface area contributed by atoms with Crippen LogP contribution in [0, 0.1) is 41.3 Å². The molecule has 10 heteroatoms. The molecule has 1 heterocycles. The number of fused-ring (bicyclic) bond motifs is 2. The minimum absolute atomic E-state index is 0.0120. The van der Waals surface area contributed by atoms with Gasteiger partial charge in [0, 0.05) is 34.4 Å². The second-order valence-electron chi connectivity index (χ2n) is 7.59. The molecule has 4 aromatic rings. The lowest BCUT2D eigenvalue weighted by molar-refractivity contribution is 0.583. The van der Waals surface area contributed by atoms with Gasteiger partial charge >= 0.3 is 0 Å². The monoisotopic (exact) mass is 482 g/mol. The van der Waals surface area contributed by atoms with Gasteiger partial charge in [-0.3, -0.25) is 0 Å². The molecule has 3 aromatic carbocycles. The second-order valence-corrected chi connectivity index (χ2v) is 7.59. The number of rotatable bonds is 2. The Hall–Kier alpha value is -5.22. The fraction of sp³-hybridized carbons (Fsp3) is 0. The smallest absolute Gasteiger partial charge is 0.206 e. The molecule has 0 atom stereocenters. The first-order chi connectivity index (χ1) is 17.4. The van der Waals surface area contributed by atoms with Gasteiger partial charge < -0.3 is 0 Å². The van der Waals surface area contributed by atoms with Crippen molar-refractivity contribution in [2.75, 3.05) is 0 Å². The lowest BCUT2D eigenvalue weighted by Gasteiger charge is -2.21. The summed E-state index contributed by atoms with van der Waals surface area (Å²) >= 11 is 0. The number of hydrogen-bond acceptors (Lipinski definition) is 5. The molecule has 1 aliphatic rings. The zero-order valence-corrected chi connectivity index (χ0v) is 18.0. The average Bonchev–Trinajstić information content (AvgIpc) is 2.84. The second kappa shape index (κ2) is 8.85. The van der Waals surface area contributed by atoms with Gasteiger partial charge in [-0.2, -0.15) is 16.8 Å². The topological polar surface area (TPSA) is 78.6 Å². The Morgan fingerprint density at radius 2 is 1.14 bits per heavy atom. The average molecular weight is 482 g/mol. The summed E-state index contributed by atoms with van der Waals surface area (Å²) in [5.41, 5.74) is 0.703. The molecule has 0 fully saturated rings. The van der Waals surface area contributed by atoms with Crippen molar-refractivity contribution in [3.63, 3.8) is 0 Å². The maximum Gasteiger partial charge on any atom is 0.206 e. The third kappa shape index (κ3) is 3.87. The number of aliphatic imine (C=N–C) groups is 1. The van der Waals surface area contributed by atoms with Crippen LogP contribution in [0.1, 0.15) is 22.5 Å². The molecule has 36 heavy (non-hydrogen) atoms. The van der Waals surface area contributed by atoms with Gasteiger partial charge in [0.15, 0.2) is 5.71 Å². The molecule has 1 aromatic heterocycles. The van der Waals surface area contributed by atoms with Gasteiger partial charge in [0.2, 0.25) is 6.19 Å². The fourth-order valence-corrected chi connectivity index (χ4v) is 4.01. The molecule has 172 valence electrons. The van der Waals surface area contributed by atoms with Gasteiger partial charge in [-0.1, -0.05) is 24.3 Å². The SMILES string of the molecule is [C-]#[N+]/N=C1\c2ccccc2/C(=N/C#N)c2nc(-c3cc(F)cc(F)c3)c(-c3cc(F)cc(F)c3)nc21. The van der Waals surface area contributed by atoms with Crippen molar-refractivity contribution in [1.82, 2.24) is 9.97 Å². The van der Waals surface area contributed by atoms with Crippen molar-refractivity contribution in [2.45, 2.75) is 0 Å². The van der Waals surface area contributed by atoms with E-state index in [9.17, 15) is 22.8 Å². The quantitative estimate of drug-likeness (QED) is 0.141. The van der Waals surface area contributed by atoms with Crippen molar-refractivity contribution < 1.29 is 17.6 Å². The van der Waals surface area contributed by atoms with Crippen LogP contribution >= 0.6 is 0 Å². The summed E-state index contributed by atoms with van der Waals surface area (Å²) in [5, 5.41) is 13.2. The summed E-state index contributed by atoms with van der Waals surface area (Å²) in [6, 6.07) is 12.0. The van der Waals surface area contributed by atoms with Crippen LogP contribution in [0.3, 0.4) is 0 Å². The molecule has 0 amide bonds. The summed E-state index contributed by atoms with van der Waals surface area (Å²) in [6.07, 6.45) is 1.71. The minimum Gasteiger partial charge on any atom is -0.241 e. The molecule has 0 N–H and O–H groups in total. The molecule has 0 aliphatic heterocycles. The maximum atomic E-state index is 14.1. The predicted molar refractivity (Wildman–Crippen MR) is 123 cm³/mol. The molecule has 0 bridgehead atoms. The van der Waals surface area contributed by atoms with Crippen LogP contribution in [-0.4, -0.2) is 21.4 Å². The van der Waals surface area contributed by atoms with Crippen LogP contribution in [-0.2, 0) is 0 Å². The van der Waals surface area contributed by atoms with Crippen molar-refractivity contribution >= 4 is 11.4 Å². The van der Waals surface area contributed by atoms with Crippen LogP contribution in [0.5, 0.6) is 0 Å². The van der Waals surface area contributed by atoms with E-state index in [0.29, 0.717) is 23.3 Å². The van der Waals surface area contributed by atoms with Crippen LogP contribution < -0.4 is 0 Å². The molecular weight excluding hydrogens is 472 g/mol. The molecule has 6 nitrogen and oxygen atoms in total. The maximum absolute atomic E-state index is 14.1. The highest BCUT2D eigenvalue weighted by molar-refractivity contribution is 6.30. The number of aromatic nitrogens is 2. The fourth-order valence-electron chi connectivity index (χ4n) is 4.01. The van der Waals surface area contributed by atoms with Crippen LogP contribution in [0.2, 0.25) is 0 Å². The van der Waals surface area contributed by atoms with E-state index in [1.165, 1.54) is 0 Å². The number of hydrogen-bond donors (Lipinski definition) is 0. The van der Waals surface area contributed by atoms with Crippen molar-refractivity contribution in [2.24, 2.45) is 10.1 Å². The van der Waals surface area contributed by atoms with E-state index in [1.54, 1.807) is 30.5 Å². The van der Waals surface area contributed by atoms with Crippen LogP contribution in [0.4, 0.5) is 17.6 Å². The van der Waals surface area contributed by atoms with E-state index < -0.39 is 23.3 Å². The third-order valence-corrected chi connectivity index (χ3v) is 5.37. The Morgan fingerprint density at radius 1 is 0.694 bits per heavy atom. The van der Waals surface area contributed by atoms with E-state index in [4.69, 9.17) is 6.57 Å². The molecule has 0 saturated heterocycles. The zero-order chi connectivity index (χ0) is 25.4. The largest absolute Gasteiger partial charge is 0.241 e. The molecule has 1 aliphatic carbocycles. The number of benzene rings is 3. The molecule has 0 unspecified atom stereocenters. The summed E-state index contributed by atoms with van der Waals surface area (Å²) in [6.45, 7) is 7.28. The summed E-state index contributed by atoms with van der Waals surface area (Å²) in [5.74, 6) is -3.64. The molecule has 5 rings (SSSR count). The Bertz CT molecular complexity index is 1550.